The number of hydrogen-bond acceptors (Lipinski definition) is 5. The third kappa shape index (κ3) is 3.66. The number of ether oxygens (including phenoxy) is 2. The second-order valence-electron chi connectivity index (χ2n) is 4.86. The molecular weight excluding hydrogens is 398 g/mol. The van der Waals surface area contributed by atoms with Crippen molar-refractivity contribution >= 4 is 34.9 Å². The molecule has 0 saturated heterocycles. The summed E-state index contributed by atoms with van der Waals surface area (Å²) in [7, 11) is 1.10. The topological polar surface area (TPSA) is 90.3 Å². The van der Waals surface area contributed by atoms with E-state index in [9.17, 15) is 18.0 Å². The molecule has 1 heterocycles. The highest BCUT2D eigenvalue weighted by Gasteiger charge is 2.42. The molecule has 0 fully saturated rings. The minimum Gasteiger partial charge on any atom is -0.464 e. The van der Waals surface area contributed by atoms with Crippen LogP contribution in [0.3, 0.4) is 0 Å². The molecule has 0 amide bonds. The standard InChI is InChI=1S/C15H10Cl2F3N3O3/c1-25-13(24)12-11(22)7(5-21)6-23(12)8-2-3-9(16)10(4-8)26-15(19,20)14(17)18/h2-4,6,14H,22H2,1H3. The Labute approximate surface area is 155 Å². The average molecular weight is 408 g/mol. The number of carbonyl (C=O) groups is 1. The highest BCUT2D eigenvalue weighted by molar-refractivity contribution is 6.32. The number of halogens is 5. The van der Waals surface area contributed by atoms with Gasteiger partial charge in [-0.2, -0.15) is 14.0 Å². The number of nitrogen functional groups attached to an aromatic ring is 1. The average Bonchev–Trinajstić information content (AvgIpc) is 2.92. The number of nitrogens with zero attached hydrogens (tertiary/aromatic N) is 2. The van der Waals surface area contributed by atoms with Crippen LogP contribution in [0.4, 0.5) is 18.9 Å². The van der Waals surface area contributed by atoms with E-state index >= 15 is 0 Å². The van der Waals surface area contributed by atoms with Crippen LogP contribution < -0.4 is 10.5 Å². The fraction of sp³-hybridized carbons (Fsp3) is 0.200. The fourth-order valence-corrected chi connectivity index (χ4v) is 2.23. The number of alkyl halides is 4. The van der Waals surface area contributed by atoms with Gasteiger partial charge in [0, 0.05) is 18.0 Å². The summed E-state index contributed by atoms with van der Waals surface area (Å²) in [5.74, 6) is -1.46. The van der Waals surface area contributed by atoms with Crippen molar-refractivity contribution in [3.63, 3.8) is 0 Å². The predicted octanol–water partition coefficient (Wildman–Crippen LogP) is 3.88. The molecular formula is C15H10Cl2F3N3O3. The molecule has 6 nitrogen and oxygen atoms in total. The van der Waals surface area contributed by atoms with Crippen molar-refractivity contribution < 1.29 is 27.4 Å². The molecule has 0 aliphatic rings. The summed E-state index contributed by atoms with van der Waals surface area (Å²) in [6.45, 7) is 0. The molecule has 1 atom stereocenters. The molecule has 0 saturated carbocycles. The zero-order valence-electron chi connectivity index (χ0n) is 13.0. The predicted molar refractivity (Wildman–Crippen MR) is 87.6 cm³/mol. The molecule has 0 aliphatic carbocycles. The van der Waals surface area contributed by atoms with Crippen LogP contribution in [0.15, 0.2) is 24.4 Å². The smallest absolute Gasteiger partial charge is 0.444 e. The molecule has 2 rings (SSSR count). The molecule has 2 aromatic rings. The summed E-state index contributed by atoms with van der Waals surface area (Å²) in [5, 5.41) is 8.82. The molecule has 0 aliphatic heterocycles. The van der Waals surface area contributed by atoms with Gasteiger partial charge in [-0.3, -0.25) is 0 Å². The molecule has 1 aromatic carbocycles. The number of nitrogens with two attached hydrogens (primary N) is 1. The van der Waals surface area contributed by atoms with Gasteiger partial charge < -0.3 is 19.8 Å². The molecule has 2 N–H and O–H groups in total. The summed E-state index contributed by atoms with van der Waals surface area (Å²) < 4.78 is 49.6. The maximum absolute atomic E-state index is 13.4. The van der Waals surface area contributed by atoms with Gasteiger partial charge in [0.1, 0.15) is 11.8 Å². The number of rotatable bonds is 5. The van der Waals surface area contributed by atoms with Crippen LogP contribution in [0.1, 0.15) is 16.1 Å². The van der Waals surface area contributed by atoms with E-state index in [4.69, 9.17) is 34.2 Å². The van der Waals surface area contributed by atoms with Crippen LogP contribution in [0.25, 0.3) is 5.69 Å². The van der Waals surface area contributed by atoms with E-state index in [1.165, 1.54) is 18.3 Å². The van der Waals surface area contributed by atoms with E-state index in [1.54, 1.807) is 6.07 Å². The second kappa shape index (κ2) is 7.35. The zero-order valence-corrected chi connectivity index (χ0v) is 14.5. The largest absolute Gasteiger partial charge is 0.464 e. The number of nitriles is 1. The molecule has 138 valence electrons. The minimum atomic E-state index is -4.34. The fourth-order valence-electron chi connectivity index (χ4n) is 2.03. The summed E-state index contributed by atoms with van der Waals surface area (Å²) in [4.78, 5) is 12.0. The first kappa shape index (κ1) is 19.8. The quantitative estimate of drug-likeness (QED) is 0.599. The first-order valence-corrected chi connectivity index (χ1v) is 7.58. The Morgan fingerprint density at radius 3 is 2.65 bits per heavy atom. The number of aromatic nitrogens is 1. The molecule has 1 aromatic heterocycles. The van der Waals surface area contributed by atoms with E-state index in [1.807, 2.05) is 0 Å². The van der Waals surface area contributed by atoms with Crippen LogP contribution >= 0.6 is 23.2 Å². The van der Waals surface area contributed by atoms with Gasteiger partial charge in [0.25, 0.3) is 5.63 Å². The number of hydrogen-bond donors (Lipinski definition) is 1. The first-order chi connectivity index (χ1) is 12.1. The van der Waals surface area contributed by atoms with Gasteiger partial charge >= 0.3 is 12.1 Å². The Bertz CT molecular complexity index is 894. The summed E-state index contributed by atoms with van der Waals surface area (Å²) in [6, 6.07) is 5.30. The molecule has 11 heteroatoms. The normalized spacial score (nSPS) is 12.3. The number of anilines is 1. The Kier molecular flexibility index (Phi) is 5.59. The monoisotopic (exact) mass is 407 g/mol. The molecule has 0 radical (unpaired) electrons. The van der Waals surface area contributed by atoms with Gasteiger partial charge in [0.15, 0.2) is 5.69 Å². The van der Waals surface area contributed by atoms with Crippen molar-refractivity contribution in [1.82, 2.24) is 4.57 Å². The van der Waals surface area contributed by atoms with E-state index in [0.717, 1.165) is 17.7 Å². The van der Waals surface area contributed by atoms with Crippen LogP contribution in [-0.2, 0) is 4.74 Å². The Hall–Kier alpha value is -2.57. The van der Waals surface area contributed by atoms with Crippen molar-refractivity contribution in [3.05, 3.63) is 40.7 Å². The van der Waals surface area contributed by atoms with Gasteiger partial charge in [0.05, 0.1) is 23.4 Å². The maximum atomic E-state index is 13.4. The molecule has 0 spiro atoms. The third-order valence-electron chi connectivity index (χ3n) is 3.24. The third-order valence-corrected chi connectivity index (χ3v) is 3.80. The summed E-state index contributed by atoms with van der Waals surface area (Å²) in [5.41, 5.74) is 2.31. The maximum Gasteiger partial charge on any atom is 0.444 e. The van der Waals surface area contributed by atoms with Crippen molar-refractivity contribution in [3.8, 4) is 17.5 Å². The number of benzene rings is 1. The SMILES string of the molecule is COC(=O)c1c(N)c(C#N)cn1-c1ccc(Cl)c(OC(F)(F)C(F)Cl)c1. The van der Waals surface area contributed by atoms with Gasteiger partial charge in [-0.15, -0.1) is 0 Å². The zero-order chi connectivity index (χ0) is 19.6. The van der Waals surface area contributed by atoms with Gasteiger partial charge in [0.2, 0.25) is 0 Å². The number of esters is 1. The van der Waals surface area contributed by atoms with Crippen molar-refractivity contribution in [1.29, 1.82) is 5.26 Å². The van der Waals surface area contributed by atoms with Crippen LogP contribution in [0, 0.1) is 11.3 Å². The highest BCUT2D eigenvalue weighted by Crippen LogP contribution is 2.35. The number of carbonyl (C=O) groups excluding carboxylic acids is 1. The Balaban J connectivity index is 2.59. The van der Waals surface area contributed by atoms with Gasteiger partial charge in [-0.1, -0.05) is 23.2 Å². The van der Waals surface area contributed by atoms with E-state index in [0.29, 0.717) is 0 Å². The Morgan fingerprint density at radius 1 is 1.46 bits per heavy atom. The van der Waals surface area contributed by atoms with Gasteiger partial charge in [-0.05, 0) is 12.1 Å². The van der Waals surface area contributed by atoms with Crippen molar-refractivity contribution in [2.75, 3.05) is 12.8 Å². The minimum absolute atomic E-state index is 0.0438. The molecule has 1 unspecified atom stereocenters. The van der Waals surface area contributed by atoms with E-state index in [2.05, 4.69) is 9.47 Å². The lowest BCUT2D eigenvalue weighted by Crippen LogP contribution is -2.32. The van der Waals surface area contributed by atoms with Crippen LogP contribution in [-0.4, -0.2) is 29.4 Å². The lowest BCUT2D eigenvalue weighted by atomic mass is 10.2. The Morgan fingerprint density at radius 2 is 2.12 bits per heavy atom. The van der Waals surface area contributed by atoms with E-state index in [-0.39, 0.29) is 27.7 Å². The second-order valence-corrected chi connectivity index (χ2v) is 5.65. The lowest BCUT2D eigenvalue weighted by molar-refractivity contribution is -0.198. The van der Waals surface area contributed by atoms with Gasteiger partial charge in [-0.25, -0.2) is 9.18 Å². The van der Waals surface area contributed by atoms with E-state index < -0.39 is 23.5 Å². The first-order valence-electron chi connectivity index (χ1n) is 6.76. The molecule has 0 bridgehead atoms. The number of methoxy groups -OCH3 is 1. The summed E-state index contributed by atoms with van der Waals surface area (Å²) in [6.07, 6.45) is -3.14. The summed E-state index contributed by atoms with van der Waals surface area (Å²) >= 11 is 10.5. The highest BCUT2D eigenvalue weighted by atomic mass is 35.5. The van der Waals surface area contributed by atoms with Crippen LogP contribution in [0.2, 0.25) is 5.02 Å². The lowest BCUT2D eigenvalue weighted by Gasteiger charge is -2.19. The van der Waals surface area contributed by atoms with Crippen molar-refractivity contribution in [2.24, 2.45) is 0 Å². The molecule has 26 heavy (non-hydrogen) atoms. The van der Waals surface area contributed by atoms with Crippen molar-refractivity contribution in [2.45, 2.75) is 11.7 Å². The van der Waals surface area contributed by atoms with Crippen LogP contribution in [0.5, 0.6) is 5.75 Å².